The first-order chi connectivity index (χ1) is 8.61. The summed E-state index contributed by atoms with van der Waals surface area (Å²) in [5.41, 5.74) is 0.269. The second-order valence-corrected chi connectivity index (χ2v) is 4.70. The van der Waals surface area contributed by atoms with E-state index < -0.39 is 5.97 Å². The standard InChI is InChI=1S/C10H13BrN4O3/c1-18-8(16)5-15-10(17)9(11)7(4-13-15)14-6-2-12-3-6/h4,6,12,14H,2-3,5H2,1H3. The SMILES string of the molecule is COC(=O)Cn1ncc(NC2CNC2)c(Br)c1=O. The Balaban J connectivity index is 2.17. The van der Waals surface area contributed by atoms with E-state index >= 15 is 0 Å². The molecule has 1 aromatic heterocycles. The van der Waals surface area contributed by atoms with E-state index in [2.05, 4.69) is 36.4 Å². The number of nitrogens with one attached hydrogen (secondary N) is 2. The van der Waals surface area contributed by atoms with E-state index in [1.54, 1.807) is 0 Å². The largest absolute Gasteiger partial charge is 0.468 e. The summed E-state index contributed by atoms with van der Waals surface area (Å²) < 4.78 is 5.92. The van der Waals surface area contributed by atoms with Crippen LogP contribution in [0.3, 0.4) is 0 Å². The fraction of sp³-hybridized carbons (Fsp3) is 0.500. The molecular formula is C10H13BrN4O3. The minimum atomic E-state index is -0.514. The third-order valence-electron chi connectivity index (χ3n) is 2.63. The fourth-order valence-corrected chi connectivity index (χ4v) is 1.90. The predicted octanol–water partition coefficient (Wildman–Crippen LogP) is -0.438. The molecule has 98 valence electrons. The average Bonchev–Trinajstić information content (AvgIpc) is 2.31. The van der Waals surface area contributed by atoms with Crippen molar-refractivity contribution in [3.05, 3.63) is 21.0 Å². The summed E-state index contributed by atoms with van der Waals surface area (Å²) in [4.78, 5) is 23.0. The fourth-order valence-electron chi connectivity index (χ4n) is 1.48. The van der Waals surface area contributed by atoms with E-state index in [-0.39, 0.29) is 12.1 Å². The first-order valence-electron chi connectivity index (χ1n) is 5.41. The number of carbonyl (C=O) groups excluding carboxylic acids is 1. The number of aromatic nitrogens is 2. The number of hydrogen-bond acceptors (Lipinski definition) is 6. The molecule has 0 aromatic carbocycles. The maximum Gasteiger partial charge on any atom is 0.327 e. The van der Waals surface area contributed by atoms with Crippen molar-refractivity contribution in [2.24, 2.45) is 0 Å². The van der Waals surface area contributed by atoms with Crippen molar-refractivity contribution in [2.45, 2.75) is 12.6 Å². The number of anilines is 1. The van der Waals surface area contributed by atoms with E-state index in [9.17, 15) is 9.59 Å². The van der Waals surface area contributed by atoms with Gasteiger partial charge >= 0.3 is 5.97 Å². The van der Waals surface area contributed by atoms with Gasteiger partial charge in [-0.25, -0.2) is 4.68 Å². The summed E-state index contributed by atoms with van der Waals surface area (Å²) in [5.74, 6) is -0.514. The van der Waals surface area contributed by atoms with Crippen LogP contribution in [0, 0.1) is 0 Å². The maximum atomic E-state index is 11.9. The molecule has 2 rings (SSSR count). The van der Waals surface area contributed by atoms with Crippen LogP contribution in [0.5, 0.6) is 0 Å². The molecule has 0 bridgehead atoms. The lowest BCUT2D eigenvalue weighted by Crippen LogP contribution is -2.51. The molecule has 0 saturated carbocycles. The predicted molar refractivity (Wildman–Crippen MR) is 68.5 cm³/mol. The number of rotatable bonds is 4. The van der Waals surface area contributed by atoms with Crippen molar-refractivity contribution in [1.82, 2.24) is 15.1 Å². The van der Waals surface area contributed by atoms with E-state index in [1.807, 2.05) is 0 Å². The zero-order valence-corrected chi connectivity index (χ0v) is 11.4. The second kappa shape index (κ2) is 5.49. The number of hydrogen-bond donors (Lipinski definition) is 2. The lowest BCUT2D eigenvalue weighted by molar-refractivity contribution is -0.141. The van der Waals surface area contributed by atoms with Gasteiger partial charge < -0.3 is 15.4 Å². The van der Waals surface area contributed by atoms with Crippen LogP contribution in [-0.2, 0) is 16.1 Å². The normalized spacial score (nSPS) is 15.0. The Kier molecular flexibility index (Phi) is 3.97. The van der Waals surface area contributed by atoms with Crippen molar-refractivity contribution >= 4 is 27.6 Å². The molecule has 0 radical (unpaired) electrons. The Morgan fingerprint density at radius 3 is 3.00 bits per heavy atom. The Morgan fingerprint density at radius 2 is 2.44 bits per heavy atom. The molecule has 1 saturated heterocycles. The number of esters is 1. The molecule has 8 heteroatoms. The van der Waals surface area contributed by atoms with E-state index in [0.29, 0.717) is 16.2 Å². The summed E-state index contributed by atoms with van der Waals surface area (Å²) in [6, 6.07) is 0.305. The Labute approximate surface area is 112 Å². The van der Waals surface area contributed by atoms with Crippen molar-refractivity contribution in [2.75, 3.05) is 25.5 Å². The molecule has 1 aliphatic heterocycles. The lowest BCUT2D eigenvalue weighted by Gasteiger charge is -2.29. The van der Waals surface area contributed by atoms with Crippen LogP contribution in [0.15, 0.2) is 15.5 Å². The lowest BCUT2D eigenvalue weighted by atomic mass is 10.2. The van der Waals surface area contributed by atoms with Crippen LogP contribution in [0.1, 0.15) is 0 Å². The minimum absolute atomic E-state index is 0.195. The summed E-state index contributed by atoms with van der Waals surface area (Å²) in [6.07, 6.45) is 1.52. The molecule has 0 aliphatic carbocycles. The van der Waals surface area contributed by atoms with Crippen LogP contribution < -0.4 is 16.2 Å². The smallest absolute Gasteiger partial charge is 0.327 e. The van der Waals surface area contributed by atoms with E-state index in [1.165, 1.54) is 13.3 Å². The summed E-state index contributed by atoms with van der Waals surface area (Å²) in [6.45, 7) is 1.52. The second-order valence-electron chi connectivity index (χ2n) is 3.91. The molecular weight excluding hydrogens is 304 g/mol. The topological polar surface area (TPSA) is 85.2 Å². The highest BCUT2D eigenvalue weighted by Gasteiger charge is 2.19. The molecule has 1 fully saturated rings. The summed E-state index contributed by atoms with van der Waals surface area (Å²) >= 11 is 3.22. The minimum Gasteiger partial charge on any atom is -0.468 e. The molecule has 7 nitrogen and oxygen atoms in total. The van der Waals surface area contributed by atoms with Crippen LogP contribution in [-0.4, -0.2) is 42.0 Å². The van der Waals surface area contributed by atoms with Crippen molar-refractivity contribution < 1.29 is 9.53 Å². The number of methoxy groups -OCH3 is 1. The van der Waals surface area contributed by atoms with Crippen molar-refractivity contribution in [1.29, 1.82) is 0 Å². The van der Waals surface area contributed by atoms with E-state index in [4.69, 9.17) is 0 Å². The molecule has 18 heavy (non-hydrogen) atoms. The number of ether oxygens (including phenoxy) is 1. The number of carbonyl (C=O) groups is 1. The van der Waals surface area contributed by atoms with Gasteiger partial charge in [-0.3, -0.25) is 9.59 Å². The summed E-state index contributed by atoms with van der Waals surface area (Å²) in [7, 11) is 1.27. The van der Waals surface area contributed by atoms with Gasteiger partial charge in [-0.2, -0.15) is 5.10 Å². The highest BCUT2D eigenvalue weighted by Crippen LogP contribution is 2.17. The van der Waals surface area contributed by atoms with Crippen LogP contribution in [0.25, 0.3) is 0 Å². The van der Waals surface area contributed by atoms with Gasteiger partial charge in [0.1, 0.15) is 11.0 Å². The Bertz CT molecular complexity index is 512. The van der Waals surface area contributed by atoms with Crippen molar-refractivity contribution in [3.63, 3.8) is 0 Å². The highest BCUT2D eigenvalue weighted by molar-refractivity contribution is 9.10. The first kappa shape index (κ1) is 13.0. The van der Waals surface area contributed by atoms with Gasteiger partial charge in [0.25, 0.3) is 5.56 Å². The molecule has 2 N–H and O–H groups in total. The van der Waals surface area contributed by atoms with Gasteiger partial charge in [0.05, 0.1) is 25.0 Å². The van der Waals surface area contributed by atoms with Gasteiger partial charge in [-0.15, -0.1) is 0 Å². The molecule has 1 aromatic rings. The van der Waals surface area contributed by atoms with Gasteiger partial charge in [-0.05, 0) is 15.9 Å². The van der Waals surface area contributed by atoms with Crippen LogP contribution in [0.2, 0.25) is 0 Å². The average molecular weight is 317 g/mol. The monoisotopic (exact) mass is 316 g/mol. The first-order valence-corrected chi connectivity index (χ1v) is 6.21. The zero-order chi connectivity index (χ0) is 13.1. The van der Waals surface area contributed by atoms with E-state index in [0.717, 1.165) is 17.8 Å². The maximum absolute atomic E-state index is 11.9. The third-order valence-corrected chi connectivity index (χ3v) is 3.40. The Morgan fingerprint density at radius 1 is 1.72 bits per heavy atom. The van der Waals surface area contributed by atoms with Crippen molar-refractivity contribution in [3.8, 4) is 0 Å². The number of halogens is 1. The molecule has 0 amide bonds. The van der Waals surface area contributed by atoms with Gasteiger partial charge in [0.2, 0.25) is 0 Å². The van der Waals surface area contributed by atoms with Gasteiger partial charge in [0, 0.05) is 13.1 Å². The molecule has 1 aliphatic rings. The van der Waals surface area contributed by atoms with Crippen LogP contribution >= 0.6 is 15.9 Å². The quantitative estimate of drug-likeness (QED) is 0.733. The molecule has 2 heterocycles. The van der Waals surface area contributed by atoms with Gasteiger partial charge in [0.15, 0.2) is 0 Å². The van der Waals surface area contributed by atoms with Gasteiger partial charge in [-0.1, -0.05) is 0 Å². The molecule has 0 unspecified atom stereocenters. The zero-order valence-electron chi connectivity index (χ0n) is 9.77. The highest BCUT2D eigenvalue weighted by atomic mass is 79.9. The summed E-state index contributed by atoms with van der Waals surface area (Å²) in [5, 5.41) is 10.2. The Hall–Kier alpha value is -1.41. The third kappa shape index (κ3) is 2.70. The molecule has 0 spiro atoms. The molecule has 0 atom stereocenters. The van der Waals surface area contributed by atoms with Crippen LogP contribution in [0.4, 0.5) is 5.69 Å². The number of nitrogens with zero attached hydrogens (tertiary/aromatic N) is 2.